The maximum atomic E-state index is 13.7. The van der Waals surface area contributed by atoms with E-state index in [0.29, 0.717) is 29.4 Å². The fourth-order valence-electron chi connectivity index (χ4n) is 4.15. The van der Waals surface area contributed by atoms with Crippen molar-refractivity contribution in [1.29, 1.82) is 0 Å². The van der Waals surface area contributed by atoms with Crippen LogP contribution in [0.15, 0.2) is 50.1 Å². The van der Waals surface area contributed by atoms with Gasteiger partial charge in [0, 0.05) is 11.1 Å². The highest BCUT2D eigenvalue weighted by Gasteiger charge is 2.45. The van der Waals surface area contributed by atoms with E-state index in [9.17, 15) is 9.59 Å². The maximum absolute atomic E-state index is 13.7. The molecule has 0 spiro atoms. The van der Waals surface area contributed by atoms with Gasteiger partial charge in [-0.15, -0.1) is 0 Å². The van der Waals surface area contributed by atoms with Crippen molar-refractivity contribution in [3.8, 4) is 11.5 Å². The number of halogens is 2. The van der Waals surface area contributed by atoms with Gasteiger partial charge in [0.1, 0.15) is 5.76 Å². The first-order chi connectivity index (χ1) is 16.3. The highest BCUT2D eigenvalue weighted by molar-refractivity contribution is 6.38. The lowest BCUT2D eigenvalue weighted by atomic mass is 9.98. The number of ether oxygens (including phenoxy) is 2. The van der Waals surface area contributed by atoms with Gasteiger partial charge in [0.15, 0.2) is 28.3 Å². The van der Waals surface area contributed by atoms with E-state index >= 15 is 0 Å². The molecule has 3 heterocycles. The Balaban J connectivity index is 1.81. The molecule has 5 rings (SSSR count). The average Bonchev–Trinajstić information content (AvgIpc) is 3.36. The number of hydrogen-bond acceptors (Lipinski definition) is 7. The molecule has 10 heteroatoms. The van der Waals surface area contributed by atoms with Crippen LogP contribution in [0.2, 0.25) is 10.0 Å². The number of methoxy groups -OCH3 is 1. The summed E-state index contributed by atoms with van der Waals surface area (Å²) in [5.74, 6) is 1.05. The molecule has 0 saturated carbocycles. The zero-order chi connectivity index (χ0) is 24.1. The molecule has 1 aliphatic rings. The second-order valence-corrected chi connectivity index (χ2v) is 8.50. The molecule has 1 amide bonds. The van der Waals surface area contributed by atoms with Crippen molar-refractivity contribution >= 4 is 45.9 Å². The Morgan fingerprint density at radius 1 is 1.12 bits per heavy atom. The van der Waals surface area contributed by atoms with E-state index in [1.807, 2.05) is 6.92 Å². The van der Waals surface area contributed by atoms with Gasteiger partial charge in [-0.1, -0.05) is 34.4 Å². The number of carbonyl (C=O) groups excluding carboxylic acids is 1. The molecule has 34 heavy (non-hydrogen) atoms. The van der Waals surface area contributed by atoms with Crippen LogP contribution < -0.4 is 19.8 Å². The van der Waals surface area contributed by atoms with E-state index in [0.717, 1.165) is 0 Å². The van der Waals surface area contributed by atoms with Crippen LogP contribution in [0.25, 0.3) is 11.0 Å². The lowest BCUT2D eigenvalue weighted by molar-refractivity contribution is 0.0969. The van der Waals surface area contributed by atoms with Crippen LogP contribution in [-0.4, -0.2) is 24.8 Å². The molecule has 1 aliphatic heterocycles. The number of aryl methyl sites for hydroxylation is 1. The Morgan fingerprint density at radius 3 is 2.59 bits per heavy atom. The van der Waals surface area contributed by atoms with Gasteiger partial charge in [0.25, 0.3) is 5.91 Å². The molecule has 0 radical (unpaired) electrons. The zero-order valence-electron chi connectivity index (χ0n) is 18.3. The predicted octanol–water partition coefficient (Wildman–Crippen LogP) is 5.55. The van der Waals surface area contributed by atoms with Crippen molar-refractivity contribution in [1.82, 2.24) is 5.16 Å². The number of fused-ring (bicyclic) bond motifs is 2. The van der Waals surface area contributed by atoms with Crippen molar-refractivity contribution in [3.05, 3.63) is 79.3 Å². The molecule has 0 fully saturated rings. The van der Waals surface area contributed by atoms with E-state index in [1.165, 1.54) is 24.1 Å². The van der Waals surface area contributed by atoms with Crippen LogP contribution in [-0.2, 0) is 0 Å². The molecule has 8 nitrogen and oxygen atoms in total. The highest BCUT2D eigenvalue weighted by Crippen LogP contribution is 2.43. The monoisotopic (exact) mass is 500 g/mol. The van der Waals surface area contributed by atoms with Gasteiger partial charge in [-0.05, 0) is 43.7 Å². The smallest absolute Gasteiger partial charge is 0.296 e. The first-order valence-corrected chi connectivity index (χ1v) is 11.1. The minimum atomic E-state index is -0.866. The summed E-state index contributed by atoms with van der Waals surface area (Å²) in [6, 6.07) is 8.86. The summed E-state index contributed by atoms with van der Waals surface area (Å²) in [6.45, 7) is 4.01. The van der Waals surface area contributed by atoms with Gasteiger partial charge < -0.3 is 18.4 Å². The summed E-state index contributed by atoms with van der Waals surface area (Å²) in [7, 11) is 1.51. The van der Waals surface area contributed by atoms with Crippen molar-refractivity contribution < 1.29 is 23.2 Å². The Labute approximate surface area is 203 Å². The first-order valence-electron chi connectivity index (χ1n) is 10.4. The SMILES string of the molecule is CCOc1ccc([C@@H]2c3c(oc4c(Cl)cc(Cl)cc4c3=O)C(=O)N2c2cc(C)on2)cc1OC. The first kappa shape index (κ1) is 22.3. The maximum Gasteiger partial charge on any atom is 0.296 e. The molecule has 2 aromatic carbocycles. The Morgan fingerprint density at radius 2 is 1.91 bits per heavy atom. The topological polar surface area (TPSA) is 95.0 Å². The molecule has 4 aromatic rings. The molecular formula is C24H18Cl2N2O6. The number of anilines is 1. The quantitative estimate of drug-likeness (QED) is 0.354. The minimum Gasteiger partial charge on any atom is -0.493 e. The average molecular weight is 501 g/mol. The molecule has 2 aromatic heterocycles. The number of hydrogen-bond donors (Lipinski definition) is 0. The number of benzene rings is 2. The van der Waals surface area contributed by atoms with Crippen LogP contribution >= 0.6 is 23.2 Å². The summed E-state index contributed by atoms with van der Waals surface area (Å²) < 4.78 is 22.2. The van der Waals surface area contributed by atoms with Crippen LogP contribution in [0.4, 0.5) is 5.82 Å². The molecule has 174 valence electrons. The van der Waals surface area contributed by atoms with Crippen LogP contribution in [0.3, 0.4) is 0 Å². The van der Waals surface area contributed by atoms with Gasteiger partial charge in [-0.2, -0.15) is 0 Å². The number of aromatic nitrogens is 1. The van der Waals surface area contributed by atoms with Crippen molar-refractivity contribution in [2.24, 2.45) is 0 Å². The Kier molecular flexibility index (Phi) is 5.50. The van der Waals surface area contributed by atoms with Crippen molar-refractivity contribution in [2.45, 2.75) is 19.9 Å². The molecule has 0 unspecified atom stereocenters. The van der Waals surface area contributed by atoms with Crippen molar-refractivity contribution in [3.63, 3.8) is 0 Å². The van der Waals surface area contributed by atoms with E-state index in [1.54, 1.807) is 31.2 Å². The molecular weight excluding hydrogens is 483 g/mol. The highest BCUT2D eigenvalue weighted by atomic mass is 35.5. The Hall–Kier alpha value is -3.49. The van der Waals surface area contributed by atoms with Crippen LogP contribution in [0.1, 0.15) is 40.4 Å². The molecule has 1 atom stereocenters. The van der Waals surface area contributed by atoms with Gasteiger partial charge in [-0.25, -0.2) is 0 Å². The summed E-state index contributed by atoms with van der Waals surface area (Å²) in [4.78, 5) is 28.6. The van der Waals surface area contributed by atoms with E-state index in [-0.39, 0.29) is 38.2 Å². The summed E-state index contributed by atoms with van der Waals surface area (Å²) in [5.41, 5.74) is 0.398. The standard InChI is InChI=1S/C24H18Cl2N2O6/c1-4-32-16-6-5-12(8-17(16)31-3)20-19-21(29)14-9-13(25)10-15(26)22(14)33-23(19)24(30)28(20)18-7-11(2)34-27-18/h5-10,20H,4H2,1-3H3/t20-/m1/s1. The fourth-order valence-corrected chi connectivity index (χ4v) is 4.68. The van der Waals surface area contributed by atoms with E-state index < -0.39 is 17.4 Å². The largest absolute Gasteiger partial charge is 0.493 e. The summed E-state index contributed by atoms with van der Waals surface area (Å²) in [5, 5.41) is 4.59. The third-order valence-electron chi connectivity index (χ3n) is 5.56. The second kappa shape index (κ2) is 8.38. The van der Waals surface area contributed by atoms with Gasteiger partial charge >= 0.3 is 0 Å². The number of amides is 1. The summed E-state index contributed by atoms with van der Waals surface area (Å²) in [6.07, 6.45) is 0. The number of nitrogens with zero attached hydrogens (tertiary/aromatic N) is 2. The van der Waals surface area contributed by atoms with Crippen molar-refractivity contribution in [2.75, 3.05) is 18.6 Å². The number of carbonyl (C=O) groups is 1. The second-order valence-electron chi connectivity index (χ2n) is 7.66. The predicted molar refractivity (Wildman–Crippen MR) is 127 cm³/mol. The lowest BCUT2D eigenvalue weighted by Crippen LogP contribution is -2.29. The lowest BCUT2D eigenvalue weighted by Gasteiger charge is -2.23. The third-order valence-corrected chi connectivity index (χ3v) is 6.06. The molecule has 0 saturated heterocycles. The third kappa shape index (κ3) is 3.41. The van der Waals surface area contributed by atoms with E-state index in [2.05, 4.69) is 5.16 Å². The fraction of sp³-hybridized carbons (Fsp3) is 0.208. The Bertz CT molecular complexity index is 1510. The van der Waals surface area contributed by atoms with Gasteiger partial charge in [0.05, 0.1) is 35.7 Å². The zero-order valence-corrected chi connectivity index (χ0v) is 19.9. The van der Waals surface area contributed by atoms with Crippen LogP contribution in [0.5, 0.6) is 11.5 Å². The van der Waals surface area contributed by atoms with Crippen LogP contribution in [0, 0.1) is 6.92 Å². The number of rotatable bonds is 5. The minimum absolute atomic E-state index is 0.0874. The molecule has 0 N–H and O–H groups in total. The van der Waals surface area contributed by atoms with Gasteiger partial charge in [-0.3, -0.25) is 14.5 Å². The normalized spacial score (nSPS) is 15.1. The molecule has 0 bridgehead atoms. The summed E-state index contributed by atoms with van der Waals surface area (Å²) >= 11 is 12.4. The van der Waals surface area contributed by atoms with E-state index in [4.69, 9.17) is 41.6 Å². The molecule has 0 aliphatic carbocycles. The van der Waals surface area contributed by atoms with Gasteiger partial charge in [0.2, 0.25) is 5.76 Å².